The predicted molar refractivity (Wildman–Crippen MR) is 93.7 cm³/mol. The van der Waals surface area contributed by atoms with Crippen molar-refractivity contribution in [2.75, 3.05) is 52.9 Å². The molecule has 0 saturated carbocycles. The average molecular weight is 333 g/mol. The van der Waals surface area contributed by atoms with Crippen molar-refractivity contribution in [3.8, 4) is 5.75 Å². The SMILES string of the molecule is CCN(CC)C(=O)N1CCN(CC(=O)c2ccc(OC)cc2)CC1. The number of benzene rings is 1. The molecule has 132 valence electrons. The van der Waals surface area contributed by atoms with Crippen LogP contribution in [0.1, 0.15) is 24.2 Å². The largest absolute Gasteiger partial charge is 0.497 e. The molecule has 1 fully saturated rings. The molecule has 2 amide bonds. The first-order valence-corrected chi connectivity index (χ1v) is 8.52. The number of Topliss-reactive ketones (excluding diaryl/α,β-unsaturated/α-hetero) is 1. The van der Waals surface area contributed by atoms with Gasteiger partial charge in [0, 0.05) is 44.8 Å². The van der Waals surface area contributed by atoms with Crippen LogP contribution in [0, 0.1) is 0 Å². The molecule has 0 radical (unpaired) electrons. The highest BCUT2D eigenvalue weighted by molar-refractivity contribution is 5.97. The van der Waals surface area contributed by atoms with Gasteiger partial charge in [0.1, 0.15) is 5.75 Å². The van der Waals surface area contributed by atoms with E-state index >= 15 is 0 Å². The number of ether oxygens (including phenoxy) is 1. The highest BCUT2D eigenvalue weighted by Gasteiger charge is 2.24. The monoisotopic (exact) mass is 333 g/mol. The maximum Gasteiger partial charge on any atom is 0.320 e. The summed E-state index contributed by atoms with van der Waals surface area (Å²) in [5.41, 5.74) is 0.692. The van der Waals surface area contributed by atoms with E-state index in [1.165, 1.54) is 0 Å². The summed E-state index contributed by atoms with van der Waals surface area (Å²) in [4.78, 5) is 30.5. The van der Waals surface area contributed by atoms with Crippen molar-refractivity contribution in [2.45, 2.75) is 13.8 Å². The molecule has 1 saturated heterocycles. The lowest BCUT2D eigenvalue weighted by Crippen LogP contribution is -2.53. The minimum atomic E-state index is 0.0983. The topological polar surface area (TPSA) is 53.1 Å². The molecule has 1 aliphatic rings. The van der Waals surface area contributed by atoms with Crippen LogP contribution in [0.4, 0.5) is 4.79 Å². The van der Waals surface area contributed by atoms with Crippen LogP contribution in [-0.2, 0) is 0 Å². The van der Waals surface area contributed by atoms with Gasteiger partial charge in [0.15, 0.2) is 5.78 Å². The molecule has 0 spiro atoms. The third kappa shape index (κ3) is 4.47. The molecule has 1 aliphatic heterocycles. The molecule has 0 atom stereocenters. The minimum Gasteiger partial charge on any atom is -0.497 e. The number of hydrogen-bond donors (Lipinski definition) is 0. The number of urea groups is 1. The third-order valence-corrected chi connectivity index (χ3v) is 4.46. The summed E-state index contributed by atoms with van der Waals surface area (Å²) in [7, 11) is 1.61. The van der Waals surface area contributed by atoms with E-state index in [0.29, 0.717) is 25.2 Å². The first-order chi connectivity index (χ1) is 11.6. The van der Waals surface area contributed by atoms with Crippen LogP contribution >= 0.6 is 0 Å². The lowest BCUT2D eigenvalue weighted by molar-refractivity contribution is 0.0853. The molecule has 2 rings (SSSR count). The lowest BCUT2D eigenvalue weighted by Gasteiger charge is -2.36. The van der Waals surface area contributed by atoms with E-state index in [1.807, 2.05) is 23.6 Å². The van der Waals surface area contributed by atoms with Crippen LogP contribution in [0.5, 0.6) is 5.75 Å². The second-order valence-electron chi connectivity index (χ2n) is 5.87. The number of amides is 2. The fourth-order valence-electron chi connectivity index (χ4n) is 2.86. The van der Waals surface area contributed by atoms with Gasteiger partial charge in [-0.25, -0.2) is 4.79 Å². The fourth-order valence-corrected chi connectivity index (χ4v) is 2.86. The summed E-state index contributed by atoms with van der Waals surface area (Å²) < 4.78 is 5.11. The Kier molecular flexibility index (Phi) is 6.61. The molecule has 1 heterocycles. The van der Waals surface area contributed by atoms with Gasteiger partial charge in [-0.3, -0.25) is 9.69 Å². The summed E-state index contributed by atoms with van der Waals surface area (Å²) in [5.74, 6) is 0.844. The van der Waals surface area contributed by atoms with Gasteiger partial charge in [-0.05, 0) is 38.1 Å². The number of rotatable bonds is 6. The van der Waals surface area contributed by atoms with Crippen LogP contribution in [0.25, 0.3) is 0 Å². The Bertz CT molecular complexity index is 547. The third-order valence-electron chi connectivity index (χ3n) is 4.46. The quantitative estimate of drug-likeness (QED) is 0.747. The van der Waals surface area contributed by atoms with E-state index in [2.05, 4.69) is 4.90 Å². The Labute approximate surface area is 144 Å². The summed E-state index contributed by atoms with van der Waals surface area (Å²) in [6.45, 7) is 8.63. The van der Waals surface area contributed by atoms with E-state index < -0.39 is 0 Å². The van der Waals surface area contributed by atoms with Crippen molar-refractivity contribution in [3.05, 3.63) is 29.8 Å². The Balaban J connectivity index is 1.83. The smallest absolute Gasteiger partial charge is 0.320 e. The van der Waals surface area contributed by atoms with Crippen LogP contribution in [-0.4, -0.2) is 79.4 Å². The highest BCUT2D eigenvalue weighted by Crippen LogP contribution is 2.13. The number of piperazine rings is 1. The van der Waals surface area contributed by atoms with E-state index in [-0.39, 0.29) is 11.8 Å². The Hall–Kier alpha value is -2.08. The maximum atomic E-state index is 12.4. The van der Waals surface area contributed by atoms with Crippen molar-refractivity contribution in [2.24, 2.45) is 0 Å². The molecule has 0 unspecified atom stereocenters. The molecule has 0 aliphatic carbocycles. The number of nitrogens with zero attached hydrogens (tertiary/aromatic N) is 3. The second kappa shape index (κ2) is 8.68. The zero-order valence-corrected chi connectivity index (χ0v) is 14.8. The first-order valence-electron chi connectivity index (χ1n) is 8.52. The number of hydrogen-bond acceptors (Lipinski definition) is 4. The first kappa shape index (κ1) is 18.3. The number of ketones is 1. The normalized spacial score (nSPS) is 15.2. The molecule has 1 aromatic carbocycles. The van der Waals surface area contributed by atoms with Crippen molar-refractivity contribution >= 4 is 11.8 Å². The van der Waals surface area contributed by atoms with Gasteiger partial charge in [-0.2, -0.15) is 0 Å². The zero-order chi connectivity index (χ0) is 17.5. The number of carbonyl (C=O) groups excluding carboxylic acids is 2. The van der Waals surface area contributed by atoms with Gasteiger partial charge in [-0.15, -0.1) is 0 Å². The van der Waals surface area contributed by atoms with Gasteiger partial charge in [0.25, 0.3) is 0 Å². The number of methoxy groups -OCH3 is 1. The zero-order valence-electron chi connectivity index (χ0n) is 14.8. The Morgan fingerprint density at radius 2 is 1.62 bits per heavy atom. The fraction of sp³-hybridized carbons (Fsp3) is 0.556. The molecule has 24 heavy (non-hydrogen) atoms. The molecule has 1 aromatic rings. The summed E-state index contributed by atoms with van der Waals surface area (Å²) in [6.07, 6.45) is 0. The number of carbonyl (C=O) groups is 2. The van der Waals surface area contributed by atoms with Crippen molar-refractivity contribution in [1.29, 1.82) is 0 Å². The van der Waals surface area contributed by atoms with E-state index in [0.717, 1.165) is 31.9 Å². The van der Waals surface area contributed by atoms with Crippen molar-refractivity contribution in [1.82, 2.24) is 14.7 Å². The Morgan fingerprint density at radius 1 is 1.04 bits per heavy atom. The molecule has 0 aromatic heterocycles. The summed E-state index contributed by atoms with van der Waals surface area (Å²) >= 11 is 0. The van der Waals surface area contributed by atoms with Crippen LogP contribution < -0.4 is 4.74 Å². The predicted octanol–water partition coefficient (Wildman–Crippen LogP) is 1.96. The van der Waals surface area contributed by atoms with E-state index in [9.17, 15) is 9.59 Å². The van der Waals surface area contributed by atoms with Crippen LogP contribution in [0.15, 0.2) is 24.3 Å². The molecule has 6 nitrogen and oxygen atoms in total. The van der Waals surface area contributed by atoms with E-state index in [4.69, 9.17) is 4.74 Å². The molecule has 6 heteroatoms. The van der Waals surface area contributed by atoms with Crippen molar-refractivity contribution < 1.29 is 14.3 Å². The van der Waals surface area contributed by atoms with Gasteiger partial charge < -0.3 is 14.5 Å². The summed E-state index contributed by atoms with van der Waals surface area (Å²) in [6, 6.07) is 7.28. The van der Waals surface area contributed by atoms with Gasteiger partial charge in [-0.1, -0.05) is 0 Å². The van der Waals surface area contributed by atoms with Crippen molar-refractivity contribution in [3.63, 3.8) is 0 Å². The Morgan fingerprint density at radius 3 is 2.12 bits per heavy atom. The van der Waals surface area contributed by atoms with Gasteiger partial charge >= 0.3 is 6.03 Å². The summed E-state index contributed by atoms with van der Waals surface area (Å²) in [5, 5.41) is 0. The molecular weight excluding hydrogens is 306 g/mol. The highest BCUT2D eigenvalue weighted by atomic mass is 16.5. The standard InChI is InChI=1S/C18H27N3O3/c1-4-20(5-2)18(23)21-12-10-19(11-13-21)14-17(22)15-6-8-16(24-3)9-7-15/h6-9H,4-5,10-14H2,1-3H3. The van der Waals surface area contributed by atoms with Crippen LogP contribution in [0.2, 0.25) is 0 Å². The van der Waals surface area contributed by atoms with E-state index in [1.54, 1.807) is 31.4 Å². The van der Waals surface area contributed by atoms with Crippen LogP contribution in [0.3, 0.4) is 0 Å². The lowest BCUT2D eigenvalue weighted by atomic mass is 10.1. The molecular formula is C18H27N3O3. The molecule has 0 bridgehead atoms. The van der Waals surface area contributed by atoms with Gasteiger partial charge in [0.2, 0.25) is 0 Å². The minimum absolute atomic E-state index is 0.0983. The average Bonchev–Trinajstić information content (AvgIpc) is 2.63. The second-order valence-corrected chi connectivity index (χ2v) is 5.87. The maximum absolute atomic E-state index is 12.4. The van der Waals surface area contributed by atoms with Gasteiger partial charge in [0.05, 0.1) is 13.7 Å². The molecule has 0 N–H and O–H groups in total.